The number of aliphatic carboxylic acids is 1. The van der Waals surface area contributed by atoms with Gasteiger partial charge >= 0.3 is 12.0 Å². The number of hydrogen-bond acceptors (Lipinski definition) is 26. The van der Waals surface area contributed by atoms with E-state index in [0.29, 0.717) is 50.6 Å². The molecule has 0 spiro atoms. The number of carboxylic acid groups (broad SMARTS) is 1. The van der Waals surface area contributed by atoms with Gasteiger partial charge in [-0.1, -0.05) is 64.4 Å². The van der Waals surface area contributed by atoms with Crippen molar-refractivity contribution in [1.82, 2.24) is 101 Å². The lowest BCUT2D eigenvalue weighted by Gasteiger charge is -2.28. The molecular weight excluding hydrogens is 1770 g/mol. The Balaban J connectivity index is 1.87. The first-order chi connectivity index (χ1) is 63.5. The molecule has 40 N–H and O–H groups in total. The van der Waals surface area contributed by atoms with E-state index >= 15 is 0 Å². The SMILES string of the molecule is CC(C)CC(NC(=O)C(CO)NC(=O)CNC(=O)C(CCCCN)NC(=O)C(CCCNC(=N)N)NC(=O)C(C)NC(=O)C(Cc1ccccc1)NC(=O)C(CCCNC(=N)N)NC(=O)C(CCCCN)NC(=O)CCCCC1SCC2NC(=O)NC21)C(=O)NC(CCCNC(=N)N)C(=O)NC(CCC(N)=O)C(=O)NC(CCCCN)C(=O)NC(CC(N)=O)C(=O)NC(C(=O)O)C(C)C. The molecule has 0 bridgehead atoms. The van der Waals surface area contributed by atoms with Crippen LogP contribution in [0.3, 0.4) is 0 Å². The first kappa shape index (κ1) is 116. The Morgan fingerprint density at radius 3 is 1.25 bits per heavy atom. The fourth-order valence-electron chi connectivity index (χ4n) is 14.3. The second kappa shape index (κ2) is 62.8. The molecule has 18 amide bonds. The maximum absolute atomic E-state index is 14.7. The van der Waals surface area contributed by atoms with Crippen molar-refractivity contribution in [2.24, 2.45) is 57.7 Å². The summed E-state index contributed by atoms with van der Waals surface area (Å²) >= 11 is 1.75. The number of unbranched alkanes of at least 4 members (excludes halogenated alkanes) is 4. The highest BCUT2D eigenvalue weighted by atomic mass is 32.2. The van der Waals surface area contributed by atoms with Crippen molar-refractivity contribution >= 4 is 136 Å². The minimum Gasteiger partial charge on any atom is -0.480 e. The zero-order valence-corrected chi connectivity index (χ0v) is 77.7. The lowest BCUT2D eigenvalue weighted by Crippen LogP contribution is -2.60. The number of guanidine groups is 3. The van der Waals surface area contributed by atoms with Crippen LogP contribution in [0.15, 0.2) is 30.3 Å². The highest BCUT2D eigenvalue weighted by Crippen LogP contribution is 2.33. The van der Waals surface area contributed by atoms with Crippen LogP contribution in [0.25, 0.3) is 0 Å². The van der Waals surface area contributed by atoms with Crippen LogP contribution >= 0.6 is 11.8 Å². The Morgan fingerprint density at radius 2 is 0.813 bits per heavy atom. The fourth-order valence-corrected chi connectivity index (χ4v) is 15.8. The van der Waals surface area contributed by atoms with Gasteiger partial charge in [0.25, 0.3) is 0 Å². The second-order valence-corrected chi connectivity index (χ2v) is 34.9. The van der Waals surface area contributed by atoms with E-state index in [2.05, 4.69) is 101 Å². The number of aliphatic hydroxyl groups is 1. The Hall–Kier alpha value is -12.5. The van der Waals surface area contributed by atoms with Crippen LogP contribution in [-0.4, -0.2) is 289 Å². The maximum Gasteiger partial charge on any atom is 0.326 e. The molecule has 16 atom stereocenters. The summed E-state index contributed by atoms with van der Waals surface area (Å²) in [4.78, 5) is 247. The summed E-state index contributed by atoms with van der Waals surface area (Å²) in [5.74, 6) is -18.3. The van der Waals surface area contributed by atoms with Crippen molar-refractivity contribution in [3.63, 3.8) is 0 Å². The van der Waals surface area contributed by atoms with E-state index < -0.39 is 235 Å². The molecule has 1 aromatic carbocycles. The Kier molecular flexibility index (Phi) is 54.2. The Bertz CT molecular complexity index is 4080. The van der Waals surface area contributed by atoms with Gasteiger partial charge in [-0.25, -0.2) is 9.59 Å². The van der Waals surface area contributed by atoms with Crippen LogP contribution in [-0.2, 0) is 87.9 Å². The van der Waals surface area contributed by atoms with Crippen molar-refractivity contribution in [3.8, 4) is 0 Å². The number of hydrogen-bond donors (Lipinski definition) is 32. The van der Waals surface area contributed by atoms with E-state index in [4.69, 9.17) is 62.1 Å². The van der Waals surface area contributed by atoms with Crippen LogP contribution in [0.2, 0.25) is 0 Å². The van der Waals surface area contributed by atoms with Gasteiger partial charge in [0.15, 0.2) is 17.9 Å². The van der Waals surface area contributed by atoms with Gasteiger partial charge in [-0.05, 0) is 166 Å². The molecule has 3 rings (SSSR count). The molecule has 752 valence electrons. The molecule has 0 aliphatic carbocycles. The van der Waals surface area contributed by atoms with Crippen LogP contribution in [0.1, 0.15) is 188 Å². The highest BCUT2D eigenvalue weighted by molar-refractivity contribution is 8.00. The number of urea groups is 1. The zero-order chi connectivity index (χ0) is 100. The summed E-state index contributed by atoms with van der Waals surface area (Å²) in [6, 6.07) is -11.6. The van der Waals surface area contributed by atoms with Crippen molar-refractivity contribution in [3.05, 3.63) is 35.9 Å². The number of aliphatic hydroxyl groups excluding tert-OH is 1. The minimum absolute atomic E-state index is 0.00779. The quantitative estimate of drug-likeness (QED) is 0.0125. The normalized spacial score (nSPS) is 16.5. The molecular formula is C83H144N30O20S. The summed E-state index contributed by atoms with van der Waals surface area (Å²) in [5.41, 5.74) is 45.4. The molecule has 2 heterocycles. The third kappa shape index (κ3) is 45.7. The summed E-state index contributed by atoms with van der Waals surface area (Å²) in [5, 5.41) is 92.5. The number of carbonyl (C=O) groups excluding carboxylic acids is 17. The number of nitrogens with one attached hydrogen (secondary N) is 22. The molecule has 2 aliphatic heterocycles. The molecule has 134 heavy (non-hydrogen) atoms. The molecule has 2 saturated heterocycles. The van der Waals surface area contributed by atoms with Crippen LogP contribution in [0.5, 0.6) is 0 Å². The van der Waals surface area contributed by atoms with Crippen molar-refractivity contribution in [1.29, 1.82) is 16.2 Å². The molecule has 0 radical (unpaired) electrons. The fraction of sp³-hybridized carbons (Fsp3) is 0.675. The lowest BCUT2D eigenvalue weighted by molar-refractivity contribution is -0.143. The number of rotatable bonds is 68. The predicted molar refractivity (Wildman–Crippen MR) is 495 cm³/mol. The summed E-state index contributed by atoms with van der Waals surface area (Å²) < 4.78 is 0. The number of carboxylic acids is 1. The van der Waals surface area contributed by atoms with Gasteiger partial charge in [-0.2, -0.15) is 11.8 Å². The van der Waals surface area contributed by atoms with Gasteiger partial charge in [0.2, 0.25) is 94.5 Å². The van der Waals surface area contributed by atoms with E-state index in [1.54, 1.807) is 55.9 Å². The summed E-state index contributed by atoms with van der Waals surface area (Å²) in [6.45, 7) is 6.22. The third-order valence-electron chi connectivity index (χ3n) is 21.5. The molecule has 0 aromatic heterocycles. The first-order valence-electron chi connectivity index (χ1n) is 45.2. The maximum atomic E-state index is 14.7. The van der Waals surface area contributed by atoms with Gasteiger partial charge in [0, 0.05) is 49.9 Å². The van der Waals surface area contributed by atoms with Gasteiger partial charge in [0.05, 0.1) is 31.7 Å². The standard InChI is InChI=1S/C83H144N30O20S/c1-44(2)38-55(76(128)106-52(26-18-36-96-81(91)92)71(123)107-54(30-31-61(87)115)74(126)104-50(24-13-16-34-86)72(124)110-57(40-62(88)116)77(129)112-65(45(3)4)79(131)132)108-78(130)58(42-114)101-64(118)41-98-68(120)48(22-11-14-32-84)103-70(122)51(25-17-35-95-80(89)90)102-67(119)46(5)99-75(127)56(39-47-20-7-6-8-21-47)109-73(125)53(27-19-37-97-82(93)94)105-69(121)49(23-12-15-33-85)100-63(117)29-10-9-28-60-66-59(43-134-60)111-83(133)113-66/h6-8,20-21,44-46,48-60,65-66,114H,9-19,22-43,84-86H2,1-5H3,(H2,87,115)(H2,88,116)(H,98,120)(H,99,127)(H,100,117)(H,101,118)(H,102,119)(H,103,122)(H,104,126)(H,105,121)(H,106,128)(H,107,123)(H,108,130)(H,109,125)(H,110,124)(H,112,129)(H,131,132)(H4,89,90,95)(H4,91,92,96)(H4,93,94,97)(H2,111,113,133). The van der Waals surface area contributed by atoms with Crippen LogP contribution in [0, 0.1) is 28.1 Å². The predicted octanol–water partition coefficient (Wildman–Crippen LogP) is -8.51. The van der Waals surface area contributed by atoms with Crippen LogP contribution in [0.4, 0.5) is 4.79 Å². The Morgan fingerprint density at radius 1 is 0.418 bits per heavy atom. The summed E-state index contributed by atoms with van der Waals surface area (Å²) in [6.07, 6.45) is 1.35. The lowest BCUT2D eigenvalue weighted by atomic mass is 10.0. The van der Waals surface area contributed by atoms with Gasteiger partial charge in [0.1, 0.15) is 78.5 Å². The molecule has 1 aromatic rings. The molecule has 2 fully saturated rings. The monoisotopic (exact) mass is 1910 g/mol. The smallest absolute Gasteiger partial charge is 0.326 e. The van der Waals surface area contributed by atoms with Crippen molar-refractivity contribution in [2.45, 2.75) is 285 Å². The molecule has 16 unspecified atom stereocenters. The van der Waals surface area contributed by atoms with E-state index in [1.165, 1.54) is 20.8 Å². The first-order valence-corrected chi connectivity index (χ1v) is 46.2. The number of thioether (sulfide) groups is 1. The van der Waals surface area contributed by atoms with Crippen molar-refractivity contribution in [2.75, 3.05) is 58.2 Å². The van der Waals surface area contributed by atoms with Crippen LogP contribution < -0.4 is 147 Å². The average Bonchev–Trinajstić information content (AvgIpc) is 1.66. The third-order valence-corrected chi connectivity index (χ3v) is 23.0. The van der Waals surface area contributed by atoms with Gasteiger partial charge in [-0.15, -0.1) is 0 Å². The number of benzene rings is 1. The highest BCUT2D eigenvalue weighted by Gasteiger charge is 2.44. The van der Waals surface area contributed by atoms with Gasteiger partial charge in [-0.3, -0.25) is 92.9 Å². The number of carbonyl (C=O) groups is 18. The average molecular weight is 1910 g/mol. The van der Waals surface area contributed by atoms with E-state index in [9.17, 15) is 96.5 Å². The summed E-state index contributed by atoms with van der Waals surface area (Å²) in [7, 11) is 0. The molecule has 0 saturated carbocycles. The number of primary amides is 2. The Labute approximate surface area is 782 Å². The number of nitrogens with two attached hydrogens (primary N) is 8. The molecule has 51 heteroatoms. The van der Waals surface area contributed by atoms with E-state index in [-0.39, 0.29) is 152 Å². The van der Waals surface area contributed by atoms with E-state index in [0.717, 1.165) is 12.2 Å². The molecule has 2 aliphatic rings. The second-order valence-electron chi connectivity index (χ2n) is 33.7. The zero-order valence-electron chi connectivity index (χ0n) is 76.9. The largest absolute Gasteiger partial charge is 0.480 e. The minimum atomic E-state index is -1.84. The van der Waals surface area contributed by atoms with E-state index in [1.807, 2.05) is 0 Å². The van der Waals surface area contributed by atoms with Crippen molar-refractivity contribution < 1.29 is 96.5 Å². The van der Waals surface area contributed by atoms with Gasteiger partial charge < -0.3 is 157 Å². The number of fused-ring (bicyclic) bond motifs is 1. The number of amides is 18. The topological polar surface area (TPSA) is 856 Å². The molecule has 50 nitrogen and oxygen atoms in total.